The highest BCUT2D eigenvalue weighted by Gasteiger charge is 2.08. The van der Waals surface area contributed by atoms with Crippen molar-refractivity contribution in [2.45, 2.75) is 13.3 Å². The molecule has 88 valence electrons. The van der Waals surface area contributed by atoms with Crippen LogP contribution in [0.5, 0.6) is 0 Å². The summed E-state index contributed by atoms with van der Waals surface area (Å²) in [6, 6.07) is 8.26. The van der Waals surface area contributed by atoms with E-state index in [9.17, 15) is 0 Å². The van der Waals surface area contributed by atoms with Gasteiger partial charge < -0.3 is 5.32 Å². The monoisotopic (exact) mass is 339 g/mol. The topological polar surface area (TPSA) is 37.8 Å². The Kier molecular flexibility index (Phi) is 3.93. The van der Waals surface area contributed by atoms with E-state index < -0.39 is 0 Å². The molecule has 0 aliphatic carbocycles. The first kappa shape index (κ1) is 12.3. The van der Waals surface area contributed by atoms with E-state index in [1.165, 1.54) is 5.56 Å². The molecule has 17 heavy (non-hydrogen) atoms. The molecule has 1 heterocycles. The highest BCUT2D eigenvalue weighted by molar-refractivity contribution is 14.1. The molecule has 2 aromatic rings. The van der Waals surface area contributed by atoms with Crippen LogP contribution < -0.4 is 5.32 Å². The maximum absolute atomic E-state index is 4.54. The lowest BCUT2D eigenvalue weighted by molar-refractivity contribution is 1.10. The van der Waals surface area contributed by atoms with Gasteiger partial charge in [0.25, 0.3) is 0 Å². The zero-order valence-corrected chi connectivity index (χ0v) is 12.0. The molecule has 4 heteroatoms. The molecule has 0 radical (unpaired) electrons. The van der Waals surface area contributed by atoms with E-state index in [0.29, 0.717) is 0 Å². The number of benzene rings is 1. The summed E-state index contributed by atoms with van der Waals surface area (Å²) in [5, 5.41) is 3.08. The second kappa shape index (κ2) is 5.44. The summed E-state index contributed by atoms with van der Waals surface area (Å²) in [7, 11) is 1.88. The molecule has 0 atom stereocenters. The number of nitrogens with zero attached hydrogens (tertiary/aromatic N) is 2. The molecule has 1 aromatic carbocycles. The molecule has 1 N–H and O–H groups in total. The van der Waals surface area contributed by atoms with Crippen molar-refractivity contribution in [2.24, 2.45) is 0 Å². The van der Waals surface area contributed by atoms with Gasteiger partial charge in [-0.3, -0.25) is 0 Å². The quantitative estimate of drug-likeness (QED) is 0.872. The van der Waals surface area contributed by atoms with Crippen LogP contribution in [0.1, 0.15) is 12.5 Å². The second-order valence-electron chi connectivity index (χ2n) is 3.65. The molecular weight excluding hydrogens is 325 g/mol. The molecule has 0 aliphatic rings. The number of aromatic nitrogens is 2. The first-order chi connectivity index (χ1) is 8.26. The molecule has 0 unspecified atom stereocenters. The molecule has 0 saturated carbocycles. The zero-order chi connectivity index (χ0) is 12.3. The van der Waals surface area contributed by atoms with Crippen LogP contribution in [-0.4, -0.2) is 17.0 Å². The van der Waals surface area contributed by atoms with Crippen molar-refractivity contribution < 1.29 is 0 Å². The Balaban J connectivity index is 2.53. The van der Waals surface area contributed by atoms with Crippen molar-refractivity contribution in [3.63, 3.8) is 0 Å². The lowest BCUT2D eigenvalue weighted by atomic mass is 10.0. The van der Waals surface area contributed by atoms with E-state index in [0.717, 1.165) is 27.2 Å². The van der Waals surface area contributed by atoms with Gasteiger partial charge in [0.1, 0.15) is 5.82 Å². The van der Waals surface area contributed by atoms with Gasteiger partial charge in [0.05, 0.1) is 3.57 Å². The SMILES string of the molecule is CCc1ccccc1-c1ncc(I)c(NC)n1. The zero-order valence-electron chi connectivity index (χ0n) is 9.87. The predicted molar refractivity (Wildman–Crippen MR) is 79.1 cm³/mol. The Hall–Kier alpha value is -1.17. The van der Waals surface area contributed by atoms with Gasteiger partial charge in [-0.15, -0.1) is 0 Å². The van der Waals surface area contributed by atoms with E-state index in [1.54, 1.807) is 0 Å². The van der Waals surface area contributed by atoms with Gasteiger partial charge in [-0.25, -0.2) is 9.97 Å². The smallest absolute Gasteiger partial charge is 0.161 e. The van der Waals surface area contributed by atoms with Crippen LogP contribution in [0.3, 0.4) is 0 Å². The summed E-state index contributed by atoms with van der Waals surface area (Å²) in [4.78, 5) is 8.95. The molecule has 0 bridgehead atoms. The average molecular weight is 339 g/mol. The number of anilines is 1. The fourth-order valence-corrected chi connectivity index (χ4v) is 2.25. The first-order valence-electron chi connectivity index (χ1n) is 5.54. The van der Waals surface area contributed by atoms with Crippen LogP contribution in [0.4, 0.5) is 5.82 Å². The molecule has 3 nitrogen and oxygen atoms in total. The number of nitrogens with one attached hydrogen (secondary N) is 1. The molecule has 0 fully saturated rings. The van der Waals surface area contributed by atoms with Gasteiger partial charge in [0.2, 0.25) is 0 Å². The van der Waals surface area contributed by atoms with Crippen molar-refractivity contribution in [1.29, 1.82) is 0 Å². The molecule has 2 rings (SSSR count). The minimum Gasteiger partial charge on any atom is -0.372 e. The summed E-state index contributed by atoms with van der Waals surface area (Å²) in [6.07, 6.45) is 2.83. The van der Waals surface area contributed by atoms with Gasteiger partial charge >= 0.3 is 0 Å². The normalized spacial score (nSPS) is 10.3. The van der Waals surface area contributed by atoms with Crippen LogP contribution in [0.2, 0.25) is 0 Å². The Labute approximate surface area is 115 Å². The van der Waals surface area contributed by atoms with Gasteiger partial charge in [-0.1, -0.05) is 31.2 Å². The highest BCUT2D eigenvalue weighted by Crippen LogP contribution is 2.23. The van der Waals surface area contributed by atoms with Crippen LogP contribution >= 0.6 is 22.6 Å². The van der Waals surface area contributed by atoms with Crippen molar-refractivity contribution in [1.82, 2.24) is 9.97 Å². The summed E-state index contributed by atoms with van der Waals surface area (Å²) in [6.45, 7) is 2.14. The van der Waals surface area contributed by atoms with Crippen LogP contribution in [0, 0.1) is 3.57 Å². The third kappa shape index (κ3) is 2.57. The average Bonchev–Trinajstić information content (AvgIpc) is 2.39. The third-order valence-electron chi connectivity index (χ3n) is 2.62. The van der Waals surface area contributed by atoms with Crippen LogP contribution in [0.15, 0.2) is 30.5 Å². The standard InChI is InChI=1S/C13H14IN3/c1-3-9-6-4-5-7-10(9)12-16-8-11(14)13(15-2)17-12/h4-8H,3H2,1-2H3,(H,15,16,17). The van der Waals surface area contributed by atoms with Crippen molar-refractivity contribution in [3.05, 3.63) is 39.6 Å². The summed E-state index contributed by atoms with van der Waals surface area (Å²) >= 11 is 2.23. The second-order valence-corrected chi connectivity index (χ2v) is 4.81. The minimum atomic E-state index is 0.784. The van der Waals surface area contributed by atoms with Crippen LogP contribution in [-0.2, 0) is 6.42 Å². The largest absolute Gasteiger partial charge is 0.372 e. The van der Waals surface area contributed by atoms with E-state index in [4.69, 9.17) is 0 Å². The van der Waals surface area contributed by atoms with Gasteiger partial charge in [0, 0.05) is 18.8 Å². The number of hydrogen-bond donors (Lipinski definition) is 1. The van der Waals surface area contributed by atoms with Gasteiger partial charge in [-0.05, 0) is 34.6 Å². The Morgan fingerprint density at radius 2 is 2.06 bits per heavy atom. The van der Waals surface area contributed by atoms with E-state index in [1.807, 2.05) is 25.4 Å². The Morgan fingerprint density at radius 3 is 2.76 bits per heavy atom. The summed E-state index contributed by atoms with van der Waals surface area (Å²) in [5.74, 6) is 1.66. The fourth-order valence-electron chi connectivity index (χ4n) is 1.72. The lowest BCUT2D eigenvalue weighted by Crippen LogP contribution is -2.00. The molecule has 0 saturated heterocycles. The predicted octanol–water partition coefficient (Wildman–Crippen LogP) is 3.35. The molecule has 1 aromatic heterocycles. The molecular formula is C13H14IN3. The maximum Gasteiger partial charge on any atom is 0.161 e. The lowest BCUT2D eigenvalue weighted by Gasteiger charge is -2.08. The van der Waals surface area contributed by atoms with E-state index >= 15 is 0 Å². The Morgan fingerprint density at radius 1 is 1.29 bits per heavy atom. The minimum absolute atomic E-state index is 0.784. The number of halogens is 1. The number of hydrogen-bond acceptors (Lipinski definition) is 3. The maximum atomic E-state index is 4.54. The first-order valence-corrected chi connectivity index (χ1v) is 6.62. The van der Waals surface area contributed by atoms with Crippen molar-refractivity contribution >= 4 is 28.4 Å². The third-order valence-corrected chi connectivity index (χ3v) is 3.41. The highest BCUT2D eigenvalue weighted by atomic mass is 127. The Bertz CT molecular complexity index is 526. The number of rotatable bonds is 3. The van der Waals surface area contributed by atoms with E-state index in [-0.39, 0.29) is 0 Å². The summed E-state index contributed by atoms with van der Waals surface area (Å²) in [5.41, 5.74) is 2.39. The van der Waals surface area contributed by atoms with Crippen molar-refractivity contribution in [2.75, 3.05) is 12.4 Å². The van der Waals surface area contributed by atoms with E-state index in [2.05, 4.69) is 56.9 Å². The summed E-state index contributed by atoms with van der Waals surface area (Å²) < 4.78 is 1.03. The fraction of sp³-hybridized carbons (Fsp3) is 0.231. The van der Waals surface area contributed by atoms with Crippen LogP contribution in [0.25, 0.3) is 11.4 Å². The number of aryl methyl sites for hydroxylation is 1. The molecule has 0 aliphatic heterocycles. The van der Waals surface area contributed by atoms with Gasteiger partial charge in [-0.2, -0.15) is 0 Å². The molecule has 0 spiro atoms. The van der Waals surface area contributed by atoms with Gasteiger partial charge in [0.15, 0.2) is 5.82 Å². The molecule has 0 amide bonds. The van der Waals surface area contributed by atoms with Crippen molar-refractivity contribution in [3.8, 4) is 11.4 Å².